The first-order valence-electron chi connectivity index (χ1n) is 11.4. The third-order valence-corrected chi connectivity index (χ3v) is 5.06. The van der Waals surface area contributed by atoms with Crippen molar-refractivity contribution in [3.8, 4) is 0 Å². The summed E-state index contributed by atoms with van der Waals surface area (Å²) in [5.41, 5.74) is -0.611. The summed E-state index contributed by atoms with van der Waals surface area (Å²) in [6, 6.07) is 2.15. The van der Waals surface area contributed by atoms with E-state index in [0.29, 0.717) is 30.8 Å². The van der Waals surface area contributed by atoms with E-state index < -0.39 is 48.7 Å². The lowest BCUT2D eigenvalue weighted by Crippen LogP contribution is -2.51. The molecule has 0 radical (unpaired) electrons. The highest BCUT2D eigenvalue weighted by molar-refractivity contribution is 5.89. The fourth-order valence-corrected chi connectivity index (χ4v) is 3.46. The predicted octanol–water partition coefficient (Wildman–Crippen LogP) is 2.66. The molecule has 0 saturated carbocycles. The quantitative estimate of drug-likeness (QED) is 0.554. The van der Waals surface area contributed by atoms with E-state index in [9.17, 15) is 32.3 Å². The van der Waals surface area contributed by atoms with Crippen LogP contribution >= 0.6 is 0 Å². The van der Waals surface area contributed by atoms with Crippen molar-refractivity contribution in [2.24, 2.45) is 0 Å². The lowest BCUT2D eigenvalue weighted by molar-refractivity contribution is -0.186. The minimum atomic E-state index is -5.21. The monoisotopic (exact) mass is 516 g/mol. The van der Waals surface area contributed by atoms with Crippen molar-refractivity contribution < 1.29 is 41.8 Å². The average Bonchev–Trinajstić information content (AvgIpc) is 2.77. The number of amides is 3. The first kappa shape index (κ1) is 28.9. The number of alkyl halides is 3. The highest BCUT2D eigenvalue weighted by Gasteiger charge is 2.43. The second-order valence-electron chi connectivity index (χ2n) is 9.22. The number of hydrogen-bond donors (Lipinski definition) is 1. The molecular weight excluding hydrogens is 485 g/mol. The number of carbonyl (C=O) groups is 4. The smallest absolute Gasteiger partial charge is 0.462 e. The molecule has 1 N–H and O–H groups in total. The Balaban J connectivity index is 2.01. The van der Waals surface area contributed by atoms with Gasteiger partial charge in [-0.3, -0.25) is 14.6 Å². The number of halogens is 3. The van der Waals surface area contributed by atoms with Crippen molar-refractivity contribution in [3.05, 3.63) is 29.6 Å². The van der Waals surface area contributed by atoms with E-state index in [1.807, 2.05) is 0 Å². The molecule has 3 amide bonds. The number of nitrogens with one attached hydrogen (secondary N) is 1. The van der Waals surface area contributed by atoms with E-state index in [-0.39, 0.29) is 23.9 Å². The number of nitrogens with zero attached hydrogens (tertiary/aromatic N) is 3. The molecule has 0 bridgehead atoms. The number of esters is 1. The second kappa shape index (κ2) is 12.0. The van der Waals surface area contributed by atoms with E-state index in [2.05, 4.69) is 10.3 Å². The zero-order valence-corrected chi connectivity index (χ0v) is 20.7. The van der Waals surface area contributed by atoms with Crippen LogP contribution in [0.15, 0.2) is 18.3 Å². The van der Waals surface area contributed by atoms with Gasteiger partial charge in [0.15, 0.2) is 0 Å². The molecule has 1 aromatic rings. The predicted molar refractivity (Wildman–Crippen MR) is 121 cm³/mol. The van der Waals surface area contributed by atoms with Gasteiger partial charge in [-0.2, -0.15) is 13.2 Å². The molecule has 2 rings (SSSR count). The second-order valence-corrected chi connectivity index (χ2v) is 9.22. The number of rotatable bonds is 7. The summed E-state index contributed by atoms with van der Waals surface area (Å²) in [5.74, 6) is -3.68. The van der Waals surface area contributed by atoms with Crippen LogP contribution in [0.3, 0.4) is 0 Å². The Kier molecular flexibility index (Phi) is 9.65. The molecule has 13 heteroatoms. The van der Waals surface area contributed by atoms with Crippen molar-refractivity contribution in [1.82, 2.24) is 20.1 Å². The Bertz CT molecular complexity index is 956. The molecule has 36 heavy (non-hydrogen) atoms. The average molecular weight is 517 g/mol. The third-order valence-electron chi connectivity index (χ3n) is 5.06. The summed E-state index contributed by atoms with van der Waals surface area (Å²) in [7, 11) is 0. The zero-order chi connectivity index (χ0) is 27.1. The Morgan fingerprint density at radius 2 is 1.81 bits per heavy atom. The minimum Gasteiger partial charge on any atom is -0.462 e. The summed E-state index contributed by atoms with van der Waals surface area (Å²) in [5, 5.41) is 2.62. The lowest BCUT2D eigenvalue weighted by Gasteiger charge is -2.34. The highest BCUT2D eigenvalue weighted by atomic mass is 19.4. The van der Waals surface area contributed by atoms with Crippen molar-refractivity contribution >= 4 is 23.9 Å². The normalized spacial score (nSPS) is 14.7. The Morgan fingerprint density at radius 1 is 1.17 bits per heavy atom. The lowest BCUT2D eigenvalue weighted by atomic mass is 10.1. The summed E-state index contributed by atoms with van der Waals surface area (Å²) in [4.78, 5) is 54.3. The number of carbonyl (C=O) groups excluding carboxylic acids is 4. The van der Waals surface area contributed by atoms with Crippen molar-refractivity contribution in [2.75, 3.05) is 26.2 Å². The van der Waals surface area contributed by atoms with E-state index in [0.717, 1.165) is 0 Å². The van der Waals surface area contributed by atoms with Crippen LogP contribution in [-0.2, 0) is 25.6 Å². The maximum atomic E-state index is 13.2. The fourth-order valence-electron chi connectivity index (χ4n) is 3.46. The van der Waals surface area contributed by atoms with Gasteiger partial charge in [-0.05, 0) is 52.7 Å². The third kappa shape index (κ3) is 9.00. The summed E-state index contributed by atoms with van der Waals surface area (Å²) in [6.07, 6.45) is -3.73. The Morgan fingerprint density at radius 3 is 2.36 bits per heavy atom. The molecule has 0 aliphatic carbocycles. The molecule has 1 fully saturated rings. The standard InChI is InChI=1S/C23H31F3N4O6/c1-5-35-19(32)15-6-9-27-17(12-15)13-30(20(33)23(24,25)26)14-18(31)28-16-7-10-29(11-8-16)21(34)36-22(2,3)4/h6,9,12,16H,5,7-8,10-11,13-14H2,1-4H3,(H,28,31). The number of piperidine rings is 1. The molecule has 1 aliphatic heterocycles. The van der Waals surface area contributed by atoms with Gasteiger partial charge >= 0.3 is 24.1 Å². The SMILES string of the molecule is CCOC(=O)c1ccnc(CN(CC(=O)NC2CCN(C(=O)OC(C)(C)C)CC2)C(=O)C(F)(F)F)c1. The molecule has 1 saturated heterocycles. The highest BCUT2D eigenvalue weighted by Crippen LogP contribution is 2.20. The number of hydrogen-bond acceptors (Lipinski definition) is 7. The van der Waals surface area contributed by atoms with Crippen LogP contribution in [-0.4, -0.2) is 82.7 Å². The summed E-state index contributed by atoms with van der Waals surface area (Å²) < 4.78 is 49.7. The maximum absolute atomic E-state index is 13.2. The summed E-state index contributed by atoms with van der Waals surface area (Å²) in [6.45, 7) is 6.03. The van der Waals surface area contributed by atoms with Crippen molar-refractivity contribution in [3.63, 3.8) is 0 Å². The minimum absolute atomic E-state index is 0.0170. The Hall–Kier alpha value is -3.38. The van der Waals surface area contributed by atoms with Crippen LogP contribution in [0.25, 0.3) is 0 Å². The summed E-state index contributed by atoms with van der Waals surface area (Å²) >= 11 is 0. The van der Waals surface area contributed by atoms with Gasteiger partial charge in [0.25, 0.3) is 0 Å². The van der Waals surface area contributed by atoms with Gasteiger partial charge < -0.3 is 24.6 Å². The van der Waals surface area contributed by atoms with Gasteiger partial charge in [-0.25, -0.2) is 9.59 Å². The van der Waals surface area contributed by atoms with Crippen LogP contribution in [0, 0.1) is 0 Å². The van der Waals surface area contributed by atoms with Crippen molar-refractivity contribution in [1.29, 1.82) is 0 Å². The number of likely N-dealkylation sites (tertiary alicyclic amines) is 1. The van der Waals surface area contributed by atoms with E-state index in [4.69, 9.17) is 9.47 Å². The van der Waals surface area contributed by atoms with Crippen LogP contribution in [0.1, 0.15) is 56.6 Å². The number of ether oxygens (including phenoxy) is 2. The molecular formula is C23H31F3N4O6. The molecule has 2 heterocycles. The van der Waals surface area contributed by atoms with Gasteiger partial charge in [0.05, 0.1) is 24.4 Å². The first-order chi connectivity index (χ1) is 16.7. The van der Waals surface area contributed by atoms with Gasteiger partial charge in [0.1, 0.15) is 12.1 Å². The molecule has 200 valence electrons. The number of aromatic nitrogens is 1. The van der Waals surface area contributed by atoms with Crippen molar-refractivity contribution in [2.45, 2.75) is 64.9 Å². The molecule has 0 atom stereocenters. The fraction of sp³-hybridized carbons (Fsp3) is 0.609. The molecule has 1 aliphatic rings. The zero-order valence-electron chi connectivity index (χ0n) is 20.7. The van der Waals surface area contributed by atoms with Gasteiger partial charge in [-0.1, -0.05) is 0 Å². The Labute approximate surface area is 207 Å². The van der Waals surface area contributed by atoms with Gasteiger partial charge in [0.2, 0.25) is 5.91 Å². The van der Waals surface area contributed by atoms with Gasteiger partial charge in [0, 0.05) is 25.3 Å². The van der Waals surface area contributed by atoms with Crippen LogP contribution in [0.5, 0.6) is 0 Å². The van der Waals surface area contributed by atoms with Crippen LogP contribution in [0.4, 0.5) is 18.0 Å². The van der Waals surface area contributed by atoms with Gasteiger partial charge in [-0.15, -0.1) is 0 Å². The molecule has 0 spiro atoms. The van der Waals surface area contributed by atoms with E-state index >= 15 is 0 Å². The van der Waals surface area contributed by atoms with E-state index in [1.54, 1.807) is 27.7 Å². The topological polar surface area (TPSA) is 118 Å². The maximum Gasteiger partial charge on any atom is 0.471 e. The van der Waals surface area contributed by atoms with E-state index in [1.165, 1.54) is 23.2 Å². The molecule has 0 aromatic carbocycles. The first-order valence-corrected chi connectivity index (χ1v) is 11.4. The molecule has 10 nitrogen and oxygen atoms in total. The number of pyridine rings is 1. The molecule has 0 unspecified atom stereocenters. The van der Waals surface area contributed by atoms with Crippen LogP contribution in [0.2, 0.25) is 0 Å². The van der Waals surface area contributed by atoms with Crippen LogP contribution < -0.4 is 5.32 Å². The molecule has 1 aromatic heterocycles. The largest absolute Gasteiger partial charge is 0.471 e.